The average Bonchev–Trinajstić information content (AvgIpc) is 2.83. The van der Waals surface area contributed by atoms with Crippen molar-refractivity contribution in [1.82, 2.24) is 30.0 Å². The number of nitrogens with zero attached hydrogens (tertiary/aromatic N) is 8. The van der Waals surface area contributed by atoms with Crippen molar-refractivity contribution in [3.8, 4) is 0 Å². The van der Waals surface area contributed by atoms with Crippen LogP contribution in [0.5, 0.6) is 0 Å². The highest BCUT2D eigenvalue weighted by molar-refractivity contribution is 5.79. The molecule has 0 spiro atoms. The topological polar surface area (TPSA) is 86.1 Å². The number of aryl methyl sites for hydroxylation is 2. The van der Waals surface area contributed by atoms with Crippen LogP contribution >= 0.6 is 0 Å². The van der Waals surface area contributed by atoms with E-state index < -0.39 is 0 Å². The van der Waals surface area contributed by atoms with Gasteiger partial charge in [0.05, 0.1) is 24.8 Å². The summed E-state index contributed by atoms with van der Waals surface area (Å²) in [6.45, 7) is 0. The molecule has 0 aromatic carbocycles. The van der Waals surface area contributed by atoms with Crippen molar-refractivity contribution in [2.24, 2.45) is 24.3 Å². The van der Waals surface area contributed by atoms with Crippen LogP contribution in [0.4, 0.5) is 0 Å². The summed E-state index contributed by atoms with van der Waals surface area (Å²) in [5, 5.41) is 22.8. The molecule has 0 amide bonds. The van der Waals surface area contributed by atoms with Gasteiger partial charge in [0.2, 0.25) is 0 Å². The third-order valence-corrected chi connectivity index (χ3v) is 1.69. The number of rotatable bonds is 3. The highest BCUT2D eigenvalue weighted by Gasteiger charge is 1.93. The molecule has 82 valence electrons. The molecular formula is C8H10N8. The second kappa shape index (κ2) is 4.43. The van der Waals surface area contributed by atoms with E-state index in [1.807, 2.05) is 0 Å². The summed E-state index contributed by atoms with van der Waals surface area (Å²) in [7, 11) is 3.57. The smallest absolute Gasteiger partial charge is 0.125 e. The van der Waals surface area contributed by atoms with Crippen LogP contribution in [0.2, 0.25) is 0 Å². The summed E-state index contributed by atoms with van der Waals surface area (Å²) in [6, 6.07) is 0. The molecule has 0 saturated heterocycles. The minimum atomic E-state index is 0.652. The molecule has 0 unspecified atom stereocenters. The zero-order valence-electron chi connectivity index (χ0n) is 8.89. The molecule has 2 rings (SSSR count). The Kier molecular flexibility index (Phi) is 2.81. The van der Waals surface area contributed by atoms with Gasteiger partial charge in [-0.3, -0.25) is 9.36 Å². The minimum Gasteiger partial charge on any atom is -0.255 e. The van der Waals surface area contributed by atoms with E-state index in [-0.39, 0.29) is 0 Å². The van der Waals surface area contributed by atoms with Gasteiger partial charge in [-0.05, 0) is 0 Å². The summed E-state index contributed by atoms with van der Waals surface area (Å²) >= 11 is 0. The molecular weight excluding hydrogens is 208 g/mol. The zero-order chi connectivity index (χ0) is 11.4. The number of hydrogen-bond donors (Lipinski definition) is 0. The van der Waals surface area contributed by atoms with Gasteiger partial charge in [0.15, 0.2) is 0 Å². The van der Waals surface area contributed by atoms with Gasteiger partial charge in [0.25, 0.3) is 0 Å². The first-order valence-electron chi connectivity index (χ1n) is 4.53. The maximum atomic E-state index is 3.82. The van der Waals surface area contributed by atoms with Gasteiger partial charge in [-0.1, -0.05) is 10.4 Å². The lowest BCUT2D eigenvalue weighted by Crippen LogP contribution is -1.85. The molecule has 2 heterocycles. The molecule has 8 heteroatoms. The van der Waals surface area contributed by atoms with Gasteiger partial charge in [-0.15, -0.1) is 10.2 Å². The van der Waals surface area contributed by atoms with Crippen molar-refractivity contribution in [2.45, 2.75) is 0 Å². The van der Waals surface area contributed by atoms with Crippen LogP contribution in [0.3, 0.4) is 0 Å². The van der Waals surface area contributed by atoms with Gasteiger partial charge < -0.3 is 0 Å². The third kappa shape index (κ3) is 2.56. The van der Waals surface area contributed by atoms with Gasteiger partial charge in [-0.2, -0.15) is 10.2 Å². The molecule has 2 aromatic heterocycles. The van der Waals surface area contributed by atoms with Crippen LogP contribution in [0.15, 0.2) is 22.6 Å². The van der Waals surface area contributed by atoms with Crippen LogP contribution in [0.25, 0.3) is 0 Å². The van der Waals surface area contributed by atoms with Crippen molar-refractivity contribution < 1.29 is 0 Å². The maximum absolute atomic E-state index is 3.82. The third-order valence-electron chi connectivity index (χ3n) is 1.69. The lowest BCUT2D eigenvalue weighted by molar-refractivity contribution is 0.714. The molecule has 0 aliphatic rings. The number of aromatic nitrogens is 6. The minimum absolute atomic E-state index is 0.652. The van der Waals surface area contributed by atoms with Crippen molar-refractivity contribution in [2.75, 3.05) is 0 Å². The van der Waals surface area contributed by atoms with Gasteiger partial charge in [0.1, 0.15) is 11.4 Å². The SMILES string of the molecule is Cn1cc(C=NN=Cc2cn(C)nn2)nn1. The normalized spacial score (nSPS) is 11.9. The fraction of sp³-hybridized carbons (Fsp3) is 0.250. The van der Waals surface area contributed by atoms with E-state index in [2.05, 4.69) is 30.8 Å². The first-order chi connectivity index (χ1) is 7.74. The standard InChI is InChI=1S/C8H10N8/c1-15-5-7(11-13-15)3-9-10-4-8-6-16(2)14-12-8/h3-6H,1-2H3. The average molecular weight is 218 g/mol. The Labute approximate surface area is 91.3 Å². The van der Waals surface area contributed by atoms with Crippen molar-refractivity contribution in [3.63, 3.8) is 0 Å². The first kappa shape index (κ1) is 10.1. The number of hydrogen-bond acceptors (Lipinski definition) is 6. The lowest BCUT2D eigenvalue weighted by Gasteiger charge is -1.79. The summed E-state index contributed by atoms with van der Waals surface area (Å²) < 4.78 is 3.18. The molecule has 0 saturated carbocycles. The highest BCUT2D eigenvalue weighted by Crippen LogP contribution is 1.88. The van der Waals surface area contributed by atoms with Crippen LogP contribution in [0.1, 0.15) is 11.4 Å². The van der Waals surface area contributed by atoms with E-state index in [4.69, 9.17) is 0 Å². The molecule has 8 nitrogen and oxygen atoms in total. The molecule has 0 fully saturated rings. The zero-order valence-corrected chi connectivity index (χ0v) is 8.89. The van der Waals surface area contributed by atoms with Crippen molar-refractivity contribution in [3.05, 3.63) is 23.8 Å². The molecule has 16 heavy (non-hydrogen) atoms. The molecule has 0 bridgehead atoms. The van der Waals surface area contributed by atoms with E-state index in [1.54, 1.807) is 35.9 Å². The fourth-order valence-electron chi connectivity index (χ4n) is 1.03. The van der Waals surface area contributed by atoms with Crippen LogP contribution in [0, 0.1) is 0 Å². The molecule has 0 aliphatic carbocycles. The van der Waals surface area contributed by atoms with Crippen molar-refractivity contribution >= 4 is 12.4 Å². The van der Waals surface area contributed by atoms with Crippen LogP contribution in [-0.2, 0) is 14.1 Å². The van der Waals surface area contributed by atoms with E-state index in [9.17, 15) is 0 Å². The predicted molar refractivity (Wildman–Crippen MR) is 57.2 cm³/mol. The van der Waals surface area contributed by atoms with E-state index in [1.165, 1.54) is 12.4 Å². The van der Waals surface area contributed by atoms with Gasteiger partial charge in [0, 0.05) is 14.1 Å². The Morgan fingerprint density at radius 2 is 1.38 bits per heavy atom. The Morgan fingerprint density at radius 3 is 1.69 bits per heavy atom. The predicted octanol–water partition coefficient (Wildman–Crippen LogP) is -0.603. The highest BCUT2D eigenvalue weighted by atomic mass is 15.4. The Bertz CT molecular complexity index is 471. The molecule has 0 radical (unpaired) electrons. The van der Waals surface area contributed by atoms with Crippen LogP contribution < -0.4 is 0 Å². The van der Waals surface area contributed by atoms with Crippen molar-refractivity contribution in [1.29, 1.82) is 0 Å². The molecule has 0 aliphatic heterocycles. The van der Waals surface area contributed by atoms with Gasteiger partial charge in [-0.25, -0.2) is 0 Å². The second-order valence-corrected chi connectivity index (χ2v) is 3.12. The molecule has 0 N–H and O–H groups in total. The van der Waals surface area contributed by atoms with E-state index in [0.29, 0.717) is 11.4 Å². The van der Waals surface area contributed by atoms with Crippen LogP contribution in [-0.4, -0.2) is 42.4 Å². The summed E-state index contributed by atoms with van der Waals surface area (Å²) in [5.41, 5.74) is 1.30. The Hall–Kier alpha value is -2.38. The molecule has 0 atom stereocenters. The Morgan fingerprint density at radius 1 is 0.938 bits per heavy atom. The maximum Gasteiger partial charge on any atom is 0.125 e. The largest absolute Gasteiger partial charge is 0.255 e. The first-order valence-corrected chi connectivity index (χ1v) is 4.53. The second-order valence-electron chi connectivity index (χ2n) is 3.12. The summed E-state index contributed by atoms with van der Waals surface area (Å²) in [4.78, 5) is 0. The summed E-state index contributed by atoms with van der Waals surface area (Å²) in [5.74, 6) is 0. The monoisotopic (exact) mass is 218 g/mol. The quantitative estimate of drug-likeness (QED) is 0.508. The van der Waals surface area contributed by atoms with Gasteiger partial charge >= 0.3 is 0 Å². The Balaban J connectivity index is 1.96. The summed E-state index contributed by atoms with van der Waals surface area (Å²) in [6.07, 6.45) is 6.50. The lowest BCUT2D eigenvalue weighted by atomic mass is 10.5. The fourth-order valence-corrected chi connectivity index (χ4v) is 1.03. The van der Waals surface area contributed by atoms with E-state index in [0.717, 1.165) is 0 Å². The van der Waals surface area contributed by atoms with E-state index >= 15 is 0 Å². The molecule has 2 aromatic rings.